The standard InChI is InChI=1S/C19H20N2O3S/c1-4-21-16-9-8-14(11-17(16)25-19(21)23)20-18(22)13(3)24-15-7-5-6-12(2)10-15/h5-11,13H,4H2,1-3H3,(H,20,22). The molecule has 1 atom stereocenters. The number of nitrogens with zero attached hydrogens (tertiary/aromatic N) is 1. The number of carbonyl (C=O) groups is 1. The quantitative estimate of drug-likeness (QED) is 0.756. The predicted molar refractivity (Wildman–Crippen MR) is 102 cm³/mol. The van der Waals surface area contributed by atoms with Gasteiger partial charge < -0.3 is 10.1 Å². The Kier molecular flexibility index (Phi) is 4.90. The summed E-state index contributed by atoms with van der Waals surface area (Å²) in [6.07, 6.45) is -0.628. The van der Waals surface area contributed by atoms with Crippen LogP contribution in [0, 0.1) is 6.92 Å². The zero-order valence-corrected chi connectivity index (χ0v) is 15.2. The summed E-state index contributed by atoms with van der Waals surface area (Å²) in [5, 5.41) is 2.85. The second-order valence-corrected chi connectivity index (χ2v) is 6.85. The molecule has 0 aliphatic rings. The average molecular weight is 356 g/mol. The van der Waals surface area contributed by atoms with Crippen LogP contribution in [-0.4, -0.2) is 16.6 Å². The highest BCUT2D eigenvalue weighted by Gasteiger charge is 2.16. The Labute approximate surface area is 149 Å². The minimum Gasteiger partial charge on any atom is -0.481 e. The van der Waals surface area contributed by atoms with Gasteiger partial charge in [0.25, 0.3) is 5.91 Å². The summed E-state index contributed by atoms with van der Waals surface area (Å²) in [6.45, 7) is 6.25. The van der Waals surface area contributed by atoms with Crippen molar-refractivity contribution in [2.45, 2.75) is 33.4 Å². The van der Waals surface area contributed by atoms with Crippen LogP contribution in [0.2, 0.25) is 0 Å². The average Bonchev–Trinajstić information content (AvgIpc) is 2.89. The summed E-state index contributed by atoms with van der Waals surface area (Å²) < 4.78 is 8.27. The molecule has 3 rings (SSSR count). The van der Waals surface area contributed by atoms with E-state index < -0.39 is 6.10 Å². The van der Waals surface area contributed by atoms with Crippen molar-refractivity contribution < 1.29 is 9.53 Å². The number of fused-ring (bicyclic) bond motifs is 1. The zero-order valence-electron chi connectivity index (χ0n) is 14.4. The summed E-state index contributed by atoms with van der Waals surface area (Å²) in [6, 6.07) is 13.1. The van der Waals surface area contributed by atoms with Gasteiger partial charge in [0.15, 0.2) is 6.10 Å². The van der Waals surface area contributed by atoms with E-state index in [1.54, 1.807) is 17.6 Å². The Morgan fingerprint density at radius 1 is 1.28 bits per heavy atom. The molecule has 1 unspecified atom stereocenters. The minimum atomic E-state index is -0.628. The highest BCUT2D eigenvalue weighted by molar-refractivity contribution is 7.16. The lowest BCUT2D eigenvalue weighted by Gasteiger charge is -2.15. The number of aromatic nitrogens is 1. The molecule has 5 nitrogen and oxygen atoms in total. The summed E-state index contributed by atoms with van der Waals surface area (Å²) in [7, 11) is 0. The van der Waals surface area contributed by atoms with Crippen molar-refractivity contribution in [2.75, 3.05) is 5.32 Å². The molecule has 1 N–H and O–H groups in total. The molecule has 130 valence electrons. The smallest absolute Gasteiger partial charge is 0.308 e. The second-order valence-electron chi connectivity index (χ2n) is 5.86. The molecule has 0 aliphatic heterocycles. The maximum absolute atomic E-state index is 12.4. The molecule has 0 fully saturated rings. The molecule has 0 aliphatic carbocycles. The first kappa shape index (κ1) is 17.2. The number of nitrogens with one attached hydrogen (secondary N) is 1. The van der Waals surface area contributed by atoms with Crippen molar-refractivity contribution in [1.82, 2.24) is 4.57 Å². The fourth-order valence-electron chi connectivity index (χ4n) is 2.63. The summed E-state index contributed by atoms with van der Waals surface area (Å²) in [4.78, 5) is 24.3. The number of carbonyl (C=O) groups excluding carboxylic acids is 1. The summed E-state index contributed by atoms with van der Waals surface area (Å²) in [5.41, 5.74) is 2.62. The van der Waals surface area contributed by atoms with Crippen LogP contribution < -0.4 is 14.9 Å². The first-order chi connectivity index (χ1) is 12.0. The number of thiazole rings is 1. The van der Waals surface area contributed by atoms with Gasteiger partial charge in [0, 0.05) is 12.2 Å². The van der Waals surface area contributed by atoms with E-state index in [-0.39, 0.29) is 10.8 Å². The third kappa shape index (κ3) is 3.74. The van der Waals surface area contributed by atoms with E-state index in [0.29, 0.717) is 18.0 Å². The normalized spacial score (nSPS) is 12.1. The lowest BCUT2D eigenvalue weighted by Crippen LogP contribution is -2.30. The van der Waals surface area contributed by atoms with Crippen LogP contribution >= 0.6 is 11.3 Å². The highest BCUT2D eigenvalue weighted by Crippen LogP contribution is 2.22. The fraction of sp³-hybridized carbons (Fsp3) is 0.263. The van der Waals surface area contributed by atoms with Gasteiger partial charge in [0.1, 0.15) is 5.75 Å². The predicted octanol–water partition coefficient (Wildman–Crippen LogP) is 3.80. The van der Waals surface area contributed by atoms with E-state index in [1.807, 2.05) is 50.2 Å². The van der Waals surface area contributed by atoms with E-state index in [0.717, 1.165) is 15.8 Å². The number of hydrogen-bond donors (Lipinski definition) is 1. The van der Waals surface area contributed by atoms with Gasteiger partial charge in [-0.25, -0.2) is 0 Å². The number of ether oxygens (including phenoxy) is 1. The minimum absolute atomic E-state index is 0.0112. The third-order valence-electron chi connectivity index (χ3n) is 3.92. The maximum atomic E-state index is 12.4. The number of rotatable bonds is 5. The van der Waals surface area contributed by atoms with Crippen molar-refractivity contribution in [3.05, 3.63) is 57.7 Å². The van der Waals surface area contributed by atoms with Crippen molar-refractivity contribution in [3.8, 4) is 5.75 Å². The molecule has 1 aromatic heterocycles. The monoisotopic (exact) mass is 356 g/mol. The van der Waals surface area contributed by atoms with E-state index in [2.05, 4.69) is 5.32 Å². The SMILES string of the molecule is CCn1c(=O)sc2cc(NC(=O)C(C)Oc3cccc(C)c3)ccc21. The molecule has 1 amide bonds. The van der Waals surface area contributed by atoms with E-state index in [4.69, 9.17) is 4.74 Å². The molecule has 25 heavy (non-hydrogen) atoms. The topological polar surface area (TPSA) is 60.3 Å². The lowest BCUT2D eigenvalue weighted by atomic mass is 10.2. The van der Waals surface area contributed by atoms with Crippen molar-refractivity contribution in [3.63, 3.8) is 0 Å². The van der Waals surface area contributed by atoms with Gasteiger partial charge in [-0.3, -0.25) is 14.2 Å². The van der Waals surface area contributed by atoms with Gasteiger partial charge in [-0.15, -0.1) is 0 Å². The van der Waals surface area contributed by atoms with Gasteiger partial charge in [-0.1, -0.05) is 23.5 Å². The zero-order chi connectivity index (χ0) is 18.0. The highest BCUT2D eigenvalue weighted by atomic mass is 32.1. The molecule has 0 bridgehead atoms. The molecule has 0 spiro atoms. The van der Waals surface area contributed by atoms with Crippen LogP contribution in [0.3, 0.4) is 0 Å². The van der Waals surface area contributed by atoms with E-state index in [1.165, 1.54) is 11.3 Å². The van der Waals surface area contributed by atoms with Crippen molar-refractivity contribution in [2.24, 2.45) is 0 Å². The summed E-state index contributed by atoms with van der Waals surface area (Å²) >= 11 is 1.18. The first-order valence-electron chi connectivity index (χ1n) is 8.15. The number of amides is 1. The van der Waals surface area contributed by atoms with Crippen LogP contribution in [0.4, 0.5) is 5.69 Å². The molecule has 1 heterocycles. The third-order valence-corrected chi connectivity index (χ3v) is 4.87. The second kappa shape index (κ2) is 7.11. The molecule has 0 radical (unpaired) electrons. The number of benzene rings is 2. The Bertz CT molecular complexity index is 974. The first-order valence-corrected chi connectivity index (χ1v) is 8.97. The molecular formula is C19H20N2O3S. The molecular weight excluding hydrogens is 336 g/mol. The van der Waals surface area contributed by atoms with Gasteiger partial charge in [-0.2, -0.15) is 0 Å². The van der Waals surface area contributed by atoms with Crippen molar-refractivity contribution >= 4 is 33.1 Å². The number of hydrogen-bond acceptors (Lipinski definition) is 4. The van der Waals surface area contributed by atoms with Crippen molar-refractivity contribution in [1.29, 1.82) is 0 Å². The maximum Gasteiger partial charge on any atom is 0.308 e. The Morgan fingerprint density at radius 3 is 2.80 bits per heavy atom. The lowest BCUT2D eigenvalue weighted by molar-refractivity contribution is -0.122. The van der Waals surface area contributed by atoms with Gasteiger partial charge in [0.2, 0.25) is 0 Å². The molecule has 0 saturated carbocycles. The van der Waals surface area contributed by atoms with Gasteiger partial charge >= 0.3 is 4.87 Å². The van der Waals surface area contributed by atoms with Crippen LogP contribution in [0.15, 0.2) is 47.3 Å². The van der Waals surface area contributed by atoms with E-state index in [9.17, 15) is 9.59 Å². The summed E-state index contributed by atoms with van der Waals surface area (Å²) in [5.74, 6) is 0.430. The molecule has 3 aromatic rings. The molecule has 6 heteroatoms. The molecule has 2 aromatic carbocycles. The largest absolute Gasteiger partial charge is 0.481 e. The van der Waals surface area contributed by atoms with Crippen LogP contribution in [0.25, 0.3) is 10.2 Å². The Hall–Kier alpha value is -2.60. The Balaban J connectivity index is 1.74. The number of anilines is 1. The van der Waals surface area contributed by atoms with Crippen LogP contribution in [0.1, 0.15) is 19.4 Å². The fourth-order valence-corrected chi connectivity index (χ4v) is 3.63. The number of aryl methyl sites for hydroxylation is 2. The van der Waals surface area contributed by atoms with Gasteiger partial charge in [-0.05, 0) is 56.7 Å². The van der Waals surface area contributed by atoms with E-state index >= 15 is 0 Å². The Morgan fingerprint density at radius 2 is 2.08 bits per heavy atom. The van der Waals surface area contributed by atoms with Crippen LogP contribution in [-0.2, 0) is 11.3 Å². The van der Waals surface area contributed by atoms with Gasteiger partial charge in [0.05, 0.1) is 10.2 Å². The molecule has 0 saturated heterocycles. The van der Waals surface area contributed by atoms with Crippen LogP contribution in [0.5, 0.6) is 5.75 Å².